The predicted octanol–water partition coefficient (Wildman–Crippen LogP) is 7.32. The molecule has 2 heterocycles. The number of fused-ring (bicyclic) bond motifs is 10. The van der Waals surface area contributed by atoms with Crippen LogP contribution in [0.1, 0.15) is 0 Å². The Kier molecular flexibility index (Phi) is 7.41. The average molecular weight is 707 g/mol. The van der Waals surface area contributed by atoms with Crippen LogP contribution < -0.4 is 17.8 Å². The summed E-state index contributed by atoms with van der Waals surface area (Å²) < 4.78 is 82.2. The third-order valence-corrected chi connectivity index (χ3v) is 11.5. The van der Waals surface area contributed by atoms with Crippen molar-refractivity contribution in [3.05, 3.63) is 84.9 Å². The van der Waals surface area contributed by atoms with Crippen LogP contribution in [0.3, 0.4) is 0 Å². The third-order valence-electron chi connectivity index (χ3n) is 9.42. The van der Waals surface area contributed by atoms with Crippen LogP contribution in [0, 0.1) is 0 Å². The Morgan fingerprint density at radius 3 is 1.18 bits per heavy atom. The van der Waals surface area contributed by atoms with Crippen LogP contribution in [0.25, 0.3) is 86.2 Å². The Hall–Kier alpha value is -3.36. The third kappa shape index (κ3) is 4.35. The topological polar surface area (TPSA) is 114 Å². The van der Waals surface area contributed by atoms with Gasteiger partial charge in [-0.05, 0) is 56.6 Å². The van der Waals surface area contributed by atoms with E-state index in [-0.39, 0.29) is 70.6 Å². The largest absolute Gasteiger partial charge is 0.496 e. The van der Waals surface area contributed by atoms with E-state index in [1.165, 1.54) is 0 Å². The maximum absolute atomic E-state index is 13.5. The molecule has 7 bridgehead atoms. The van der Waals surface area contributed by atoms with Gasteiger partial charge in [-0.3, -0.25) is 0 Å². The Morgan fingerprint density at radius 2 is 0.796 bits per heavy atom. The second kappa shape index (κ2) is 11.1. The van der Waals surface area contributed by atoms with E-state index in [4.69, 9.17) is 21.5 Å². The molecule has 0 saturated heterocycles. The van der Waals surface area contributed by atoms with Gasteiger partial charge >= 0.3 is 20.8 Å². The van der Waals surface area contributed by atoms with Crippen molar-refractivity contribution in [3.63, 3.8) is 0 Å². The molecule has 0 amide bonds. The van der Waals surface area contributed by atoms with Crippen molar-refractivity contribution in [2.24, 2.45) is 0 Å². The molecule has 0 aliphatic carbocycles. The molecule has 49 heavy (non-hydrogen) atoms. The molecule has 13 heteroatoms. The molecular formula is C36H20Na2O9S2. The smallest absolute Gasteiger partial charge is 0.466 e. The van der Waals surface area contributed by atoms with E-state index in [9.17, 15) is 16.8 Å². The Balaban J connectivity index is 0.00000174. The van der Waals surface area contributed by atoms with Crippen molar-refractivity contribution < 1.29 is 38.3 Å². The van der Waals surface area contributed by atoms with Gasteiger partial charge in [-0.1, -0.05) is 64.3 Å². The van der Waals surface area contributed by atoms with Crippen molar-refractivity contribution in [2.75, 3.05) is 14.2 Å². The van der Waals surface area contributed by atoms with E-state index in [0.717, 1.165) is 53.9 Å². The van der Waals surface area contributed by atoms with Gasteiger partial charge in [-0.2, -0.15) is 16.8 Å². The number of benzene rings is 9. The first-order valence-electron chi connectivity index (χ1n) is 14.6. The van der Waals surface area contributed by atoms with Crippen molar-refractivity contribution in [1.82, 2.24) is 0 Å². The summed E-state index contributed by atoms with van der Waals surface area (Å²) >= 11 is 0. The second-order valence-corrected chi connectivity index (χ2v) is 14.1. The Morgan fingerprint density at radius 1 is 0.429 bits per heavy atom. The van der Waals surface area contributed by atoms with Crippen molar-refractivity contribution >= 4 is 166 Å². The van der Waals surface area contributed by atoms with E-state index in [1.54, 1.807) is 50.6 Å². The zero-order valence-electron chi connectivity index (χ0n) is 26.6. The van der Waals surface area contributed by atoms with Gasteiger partial charge < -0.3 is 17.8 Å². The minimum Gasteiger partial charge on any atom is -0.496 e. The minimum atomic E-state index is -5.24. The molecule has 11 rings (SSSR count). The molecule has 232 valence electrons. The van der Waals surface area contributed by atoms with Gasteiger partial charge in [0.1, 0.15) is 11.5 Å². The van der Waals surface area contributed by atoms with Crippen LogP contribution in [-0.4, -0.2) is 90.2 Å². The van der Waals surface area contributed by atoms with Gasteiger partial charge in [0.2, 0.25) is 0 Å². The van der Waals surface area contributed by atoms with Crippen molar-refractivity contribution in [3.8, 4) is 23.0 Å². The zero-order valence-corrected chi connectivity index (χ0v) is 32.2. The summed E-state index contributed by atoms with van der Waals surface area (Å²) in [7, 11) is -7.25. The first-order valence-corrected chi connectivity index (χ1v) is 17.3. The van der Waals surface area contributed by atoms with Gasteiger partial charge in [0.15, 0.2) is 11.5 Å². The maximum atomic E-state index is 13.5. The van der Waals surface area contributed by atoms with Crippen LogP contribution in [-0.2, 0) is 24.4 Å². The number of rotatable bonds is 2. The molecule has 0 spiro atoms. The molecule has 2 radical (unpaired) electrons. The first-order chi connectivity index (χ1) is 22.7. The van der Waals surface area contributed by atoms with Gasteiger partial charge in [-0.15, -0.1) is 0 Å². The fourth-order valence-electron chi connectivity index (χ4n) is 7.79. The molecule has 0 N–H and O–H groups in total. The standard InChI is InChI=1S/C36H20O9S2.2Na/c1-41-27-15-25-17-7-3-5-9-21(17)35-23-13-11-19-20-12-14-24-30-26(16-28(42-2)34(32(20)30)33(27)31(19)29(23)25)18-8-4-6-10-22(18)36(24)44-47(39,40)45-46(37,38)43-35;;/h3-16H,1-2H3;;. The molecule has 9 aromatic rings. The summed E-state index contributed by atoms with van der Waals surface area (Å²) in [6.07, 6.45) is 0. The van der Waals surface area contributed by atoms with E-state index in [0.29, 0.717) is 43.8 Å². The summed E-state index contributed by atoms with van der Waals surface area (Å²) in [4.78, 5) is 0. The van der Waals surface area contributed by atoms with Crippen molar-refractivity contribution in [2.45, 2.75) is 0 Å². The van der Waals surface area contributed by atoms with Gasteiger partial charge in [0.05, 0.1) is 14.2 Å². The average Bonchev–Trinajstić information content (AvgIpc) is 3.07. The zero-order chi connectivity index (χ0) is 32.0. The van der Waals surface area contributed by atoms with E-state index >= 15 is 0 Å². The normalized spacial score (nSPS) is 15.3. The van der Waals surface area contributed by atoms with Crippen LogP contribution in [0.5, 0.6) is 23.0 Å². The van der Waals surface area contributed by atoms with Crippen LogP contribution in [0.15, 0.2) is 84.9 Å². The fraction of sp³-hybridized carbons (Fsp3) is 0.0556. The summed E-state index contributed by atoms with van der Waals surface area (Å²) in [5, 5.41) is 11.1. The van der Waals surface area contributed by atoms with Crippen LogP contribution in [0.2, 0.25) is 0 Å². The Bertz CT molecular complexity index is 2900. The molecule has 0 atom stereocenters. The predicted molar refractivity (Wildman–Crippen MR) is 194 cm³/mol. The van der Waals surface area contributed by atoms with Crippen LogP contribution >= 0.6 is 0 Å². The number of ether oxygens (including phenoxy) is 2. The summed E-state index contributed by atoms with van der Waals surface area (Å²) in [6, 6.07) is 25.6. The molecule has 9 aromatic carbocycles. The monoisotopic (exact) mass is 706 g/mol. The van der Waals surface area contributed by atoms with Crippen LogP contribution in [0.4, 0.5) is 0 Å². The summed E-state index contributed by atoms with van der Waals surface area (Å²) in [5.41, 5.74) is 0. The fourth-order valence-corrected chi connectivity index (χ4v) is 9.59. The molecular weight excluding hydrogens is 687 g/mol. The van der Waals surface area contributed by atoms with E-state index in [1.807, 2.05) is 48.5 Å². The molecule has 0 aromatic heterocycles. The summed E-state index contributed by atoms with van der Waals surface area (Å²) in [6.45, 7) is 0. The number of methoxy groups -OCH3 is 2. The van der Waals surface area contributed by atoms with Gasteiger partial charge in [-0.25, -0.2) is 0 Å². The number of hydrogen-bond acceptors (Lipinski definition) is 9. The molecule has 9 nitrogen and oxygen atoms in total. The van der Waals surface area contributed by atoms with Gasteiger partial charge in [0, 0.05) is 113 Å². The van der Waals surface area contributed by atoms with Gasteiger partial charge in [0.25, 0.3) is 0 Å². The first kappa shape index (κ1) is 32.8. The maximum Gasteiger partial charge on any atom is 0.466 e. The Labute approximate surface area is 323 Å². The van der Waals surface area contributed by atoms with E-state index < -0.39 is 20.8 Å². The minimum absolute atomic E-state index is 0. The summed E-state index contributed by atoms with van der Waals surface area (Å²) in [5.74, 6) is 1.03. The molecule has 0 saturated carbocycles. The molecule has 0 fully saturated rings. The molecule has 2 aliphatic rings. The SMILES string of the molecule is COc1cc2c3ccccc3c3c4ccc5c6ccc7c(c8ccccc8c8cc(OC)c(c1c5c42)c6c78)OS(=O)(=O)OS(=O)(=O)O3.[Na].[Na]. The molecule has 2 aliphatic heterocycles. The quantitative estimate of drug-likeness (QED) is 0.104. The second-order valence-electron chi connectivity index (χ2n) is 11.6. The molecule has 0 unspecified atom stereocenters. The van der Waals surface area contributed by atoms with E-state index in [2.05, 4.69) is 0 Å². The number of hydrogen-bond donors (Lipinski definition) is 0. The van der Waals surface area contributed by atoms with Crippen molar-refractivity contribution in [1.29, 1.82) is 0 Å².